The van der Waals surface area contributed by atoms with Crippen molar-refractivity contribution >= 4 is 30.7 Å². The molecule has 1 heterocycles. The van der Waals surface area contributed by atoms with Crippen LogP contribution in [0.2, 0.25) is 0 Å². The van der Waals surface area contributed by atoms with Crippen LogP contribution < -0.4 is 11.1 Å². The molecule has 0 saturated carbocycles. The van der Waals surface area contributed by atoms with Crippen LogP contribution in [0.3, 0.4) is 0 Å². The van der Waals surface area contributed by atoms with E-state index in [2.05, 4.69) is 48.6 Å². The van der Waals surface area contributed by atoms with Crippen LogP contribution >= 0.6 is 24.8 Å². The number of amides is 1. The molecule has 1 aliphatic rings. The predicted molar refractivity (Wildman–Crippen MR) is 130 cm³/mol. The molecule has 6 heteroatoms. The van der Waals surface area contributed by atoms with Crippen molar-refractivity contribution in [3.8, 4) is 0 Å². The first kappa shape index (κ1) is 26.4. The number of piperidine rings is 1. The maximum atomic E-state index is 13.4. The lowest BCUT2D eigenvalue weighted by molar-refractivity contribution is -0.137. The molecule has 166 valence electrons. The molecule has 4 nitrogen and oxygen atoms in total. The van der Waals surface area contributed by atoms with Gasteiger partial charge in [-0.1, -0.05) is 67.6 Å². The Labute approximate surface area is 193 Å². The third kappa shape index (κ3) is 5.55. The van der Waals surface area contributed by atoms with Crippen LogP contribution in [0.15, 0.2) is 60.7 Å². The summed E-state index contributed by atoms with van der Waals surface area (Å²) in [5, 5.41) is 3.53. The molecule has 0 radical (unpaired) electrons. The van der Waals surface area contributed by atoms with E-state index in [0.717, 1.165) is 32.4 Å². The standard InChI is InChI=1S/C24H33N3O.2ClH/c1-3-21(19-10-6-4-7-11-19)22(18-25)23(28)27-16-14-24(26-2,15-17-27)20-12-8-5-9-13-20;;/h4-13,21-22,26H,3,14-18,25H2,1-2H3;2*1H/t21-,22+;;/m0../s1. The summed E-state index contributed by atoms with van der Waals surface area (Å²) in [6.07, 6.45) is 2.74. The van der Waals surface area contributed by atoms with Gasteiger partial charge in [-0.2, -0.15) is 0 Å². The van der Waals surface area contributed by atoms with Gasteiger partial charge >= 0.3 is 0 Å². The average Bonchev–Trinajstić information content (AvgIpc) is 2.78. The molecule has 2 aromatic carbocycles. The van der Waals surface area contributed by atoms with Crippen molar-refractivity contribution in [1.82, 2.24) is 10.2 Å². The Kier molecular flexibility index (Phi) is 10.9. The van der Waals surface area contributed by atoms with E-state index in [4.69, 9.17) is 5.73 Å². The van der Waals surface area contributed by atoms with E-state index in [0.29, 0.717) is 6.54 Å². The van der Waals surface area contributed by atoms with E-state index in [1.54, 1.807) is 0 Å². The summed E-state index contributed by atoms with van der Waals surface area (Å²) in [7, 11) is 2.02. The number of nitrogens with zero attached hydrogens (tertiary/aromatic N) is 1. The second-order valence-electron chi connectivity index (χ2n) is 7.79. The van der Waals surface area contributed by atoms with Gasteiger partial charge in [-0.15, -0.1) is 24.8 Å². The molecule has 2 aromatic rings. The first-order valence-corrected chi connectivity index (χ1v) is 10.4. The number of carbonyl (C=O) groups is 1. The molecule has 0 unspecified atom stereocenters. The fourth-order valence-electron chi connectivity index (χ4n) is 4.67. The first-order valence-electron chi connectivity index (χ1n) is 10.4. The molecule has 1 aliphatic heterocycles. The highest BCUT2D eigenvalue weighted by Crippen LogP contribution is 2.35. The molecule has 0 spiro atoms. The minimum atomic E-state index is -0.161. The van der Waals surface area contributed by atoms with Crippen molar-refractivity contribution in [3.05, 3.63) is 71.8 Å². The van der Waals surface area contributed by atoms with Crippen molar-refractivity contribution in [1.29, 1.82) is 0 Å². The van der Waals surface area contributed by atoms with Gasteiger partial charge in [0.2, 0.25) is 5.91 Å². The topological polar surface area (TPSA) is 58.4 Å². The molecule has 1 saturated heterocycles. The van der Waals surface area contributed by atoms with Crippen molar-refractivity contribution in [3.63, 3.8) is 0 Å². The molecule has 30 heavy (non-hydrogen) atoms. The SMILES string of the molecule is CC[C@@H](c1ccccc1)[C@@H](CN)C(=O)N1CCC(NC)(c2ccccc2)CC1.Cl.Cl. The lowest BCUT2D eigenvalue weighted by Crippen LogP contribution is -2.53. The number of benzene rings is 2. The molecule has 0 bridgehead atoms. The van der Waals surface area contributed by atoms with E-state index < -0.39 is 0 Å². The fraction of sp³-hybridized carbons (Fsp3) is 0.458. The van der Waals surface area contributed by atoms with Crippen molar-refractivity contribution in [2.75, 3.05) is 26.7 Å². The van der Waals surface area contributed by atoms with Gasteiger partial charge in [0.25, 0.3) is 0 Å². The van der Waals surface area contributed by atoms with Gasteiger partial charge < -0.3 is 16.0 Å². The minimum Gasteiger partial charge on any atom is -0.342 e. The normalized spacial score (nSPS) is 17.2. The van der Waals surface area contributed by atoms with Crippen LogP contribution in [-0.4, -0.2) is 37.5 Å². The van der Waals surface area contributed by atoms with Crippen LogP contribution in [0.4, 0.5) is 0 Å². The molecule has 0 aliphatic carbocycles. The Morgan fingerprint density at radius 2 is 1.57 bits per heavy atom. The summed E-state index contributed by atoms with van der Waals surface area (Å²) in [6, 6.07) is 20.9. The summed E-state index contributed by atoms with van der Waals surface area (Å²) in [6.45, 7) is 4.05. The molecule has 3 N–H and O–H groups in total. The highest BCUT2D eigenvalue weighted by atomic mass is 35.5. The minimum absolute atomic E-state index is 0. The van der Waals surface area contributed by atoms with Gasteiger partial charge in [0.15, 0.2) is 0 Å². The lowest BCUT2D eigenvalue weighted by Gasteiger charge is -2.43. The maximum Gasteiger partial charge on any atom is 0.227 e. The highest BCUT2D eigenvalue weighted by molar-refractivity contribution is 5.85. The van der Waals surface area contributed by atoms with E-state index in [9.17, 15) is 4.79 Å². The smallest absolute Gasteiger partial charge is 0.227 e. The summed E-state index contributed by atoms with van der Waals surface area (Å²) in [4.78, 5) is 15.4. The number of rotatable bonds is 7. The van der Waals surface area contributed by atoms with E-state index >= 15 is 0 Å². The van der Waals surface area contributed by atoms with Crippen molar-refractivity contribution < 1.29 is 4.79 Å². The Morgan fingerprint density at radius 1 is 1.03 bits per heavy atom. The Hall–Kier alpha value is -1.59. The maximum absolute atomic E-state index is 13.4. The van der Waals surface area contributed by atoms with Gasteiger partial charge in [0.1, 0.15) is 0 Å². The summed E-state index contributed by atoms with van der Waals surface area (Å²) >= 11 is 0. The predicted octanol–water partition coefficient (Wildman–Crippen LogP) is 4.34. The summed E-state index contributed by atoms with van der Waals surface area (Å²) < 4.78 is 0. The van der Waals surface area contributed by atoms with Crippen molar-refractivity contribution in [2.24, 2.45) is 11.7 Å². The zero-order valence-corrected chi connectivity index (χ0v) is 19.6. The van der Waals surface area contributed by atoms with Crippen molar-refractivity contribution in [2.45, 2.75) is 37.6 Å². The molecule has 2 atom stereocenters. The largest absolute Gasteiger partial charge is 0.342 e. The highest BCUT2D eigenvalue weighted by Gasteiger charge is 2.38. The van der Waals surface area contributed by atoms with Crippen LogP contribution in [-0.2, 0) is 10.3 Å². The Morgan fingerprint density at radius 3 is 2.03 bits per heavy atom. The van der Waals surface area contributed by atoms with Gasteiger partial charge in [-0.05, 0) is 43.4 Å². The van der Waals surface area contributed by atoms with E-state index in [1.165, 1.54) is 11.1 Å². The van der Waals surface area contributed by atoms with Crippen LogP contribution in [0.25, 0.3) is 0 Å². The number of likely N-dealkylation sites (tertiary alicyclic amines) is 1. The van der Waals surface area contributed by atoms with Crippen LogP contribution in [0.5, 0.6) is 0 Å². The number of nitrogens with two attached hydrogens (primary N) is 1. The number of halogens is 2. The quantitative estimate of drug-likeness (QED) is 0.657. The molecular formula is C24H35Cl2N3O. The zero-order valence-electron chi connectivity index (χ0n) is 17.9. The van der Waals surface area contributed by atoms with Gasteiger partial charge in [-0.3, -0.25) is 4.79 Å². The third-order valence-electron chi connectivity index (χ3n) is 6.46. The number of nitrogens with one attached hydrogen (secondary N) is 1. The number of carbonyl (C=O) groups excluding carboxylic acids is 1. The van der Waals surface area contributed by atoms with Gasteiger partial charge in [0.05, 0.1) is 5.92 Å². The molecule has 1 fully saturated rings. The monoisotopic (exact) mass is 451 g/mol. The summed E-state index contributed by atoms with van der Waals surface area (Å²) in [5.74, 6) is 0.214. The van der Waals surface area contributed by atoms with Crippen LogP contribution in [0, 0.1) is 5.92 Å². The second-order valence-corrected chi connectivity index (χ2v) is 7.79. The fourth-order valence-corrected chi connectivity index (χ4v) is 4.67. The molecule has 1 amide bonds. The molecular weight excluding hydrogens is 417 g/mol. The van der Waals surface area contributed by atoms with Gasteiger partial charge in [-0.25, -0.2) is 0 Å². The number of hydrogen-bond donors (Lipinski definition) is 2. The third-order valence-corrected chi connectivity index (χ3v) is 6.46. The van der Waals surface area contributed by atoms with Crippen LogP contribution in [0.1, 0.15) is 43.2 Å². The van der Waals surface area contributed by atoms with E-state index in [-0.39, 0.29) is 48.1 Å². The zero-order chi connectivity index (χ0) is 20.0. The lowest BCUT2D eigenvalue weighted by atomic mass is 9.79. The Balaban J connectivity index is 0.00000225. The summed E-state index contributed by atoms with van der Waals surface area (Å²) in [5.41, 5.74) is 8.56. The number of hydrogen-bond acceptors (Lipinski definition) is 3. The van der Waals surface area contributed by atoms with Gasteiger partial charge in [0, 0.05) is 25.2 Å². The first-order chi connectivity index (χ1) is 13.6. The molecule has 0 aromatic heterocycles. The average molecular weight is 452 g/mol. The second kappa shape index (κ2) is 12.3. The Bertz CT molecular complexity index is 750. The molecule has 3 rings (SSSR count). The van der Waals surface area contributed by atoms with E-state index in [1.807, 2.05) is 36.2 Å².